The summed E-state index contributed by atoms with van der Waals surface area (Å²) in [6.07, 6.45) is -2.96. The highest BCUT2D eigenvalue weighted by Gasteiger charge is 2.48. The predicted molar refractivity (Wildman–Crippen MR) is 98.5 cm³/mol. The number of alkyl halides is 2. The Kier molecular flexibility index (Phi) is 6.37. The van der Waals surface area contributed by atoms with Crippen molar-refractivity contribution in [2.24, 2.45) is 0 Å². The summed E-state index contributed by atoms with van der Waals surface area (Å²) in [5, 5.41) is 0.998. The van der Waals surface area contributed by atoms with Crippen molar-refractivity contribution in [2.75, 3.05) is 13.1 Å². The molecule has 158 valence electrons. The van der Waals surface area contributed by atoms with Crippen LogP contribution in [0.4, 0.5) is 13.6 Å². The molecule has 1 unspecified atom stereocenters. The predicted octanol–water partition coefficient (Wildman–Crippen LogP) is 3.16. The van der Waals surface area contributed by atoms with Crippen LogP contribution in [0.1, 0.15) is 38.3 Å². The van der Waals surface area contributed by atoms with Gasteiger partial charge in [-0.1, -0.05) is 17.7 Å². The van der Waals surface area contributed by atoms with Gasteiger partial charge in [0.25, 0.3) is 16.0 Å². The van der Waals surface area contributed by atoms with E-state index in [0.29, 0.717) is 5.56 Å². The van der Waals surface area contributed by atoms with Gasteiger partial charge in [0.2, 0.25) is 0 Å². The molecule has 1 heterocycles. The molecule has 0 spiro atoms. The Labute approximate surface area is 164 Å². The van der Waals surface area contributed by atoms with E-state index in [4.69, 9.17) is 8.92 Å². The topological polar surface area (TPSA) is 84.9 Å². The van der Waals surface area contributed by atoms with Crippen molar-refractivity contribution in [3.63, 3.8) is 0 Å². The van der Waals surface area contributed by atoms with Gasteiger partial charge in [0, 0.05) is 6.54 Å². The summed E-state index contributed by atoms with van der Waals surface area (Å²) >= 11 is 0. The molecule has 28 heavy (non-hydrogen) atoms. The van der Waals surface area contributed by atoms with Crippen molar-refractivity contribution < 1.29 is 30.9 Å². The first-order valence-corrected chi connectivity index (χ1v) is 10.2. The Hall–Kier alpha value is -1.78. The molecule has 1 amide bonds. The van der Waals surface area contributed by atoms with E-state index in [1.807, 2.05) is 0 Å². The fraction of sp³-hybridized carbons (Fsp3) is 0.611. The third-order valence-electron chi connectivity index (χ3n) is 4.02. The Morgan fingerprint density at radius 1 is 1.29 bits per heavy atom. The summed E-state index contributed by atoms with van der Waals surface area (Å²) < 4.78 is 63.9. The summed E-state index contributed by atoms with van der Waals surface area (Å²) in [7, 11) is -4.35. The van der Waals surface area contributed by atoms with Crippen molar-refractivity contribution in [1.82, 2.24) is 10.4 Å². The molecular formula is C18H26F2N2O5S. The van der Waals surface area contributed by atoms with Crippen molar-refractivity contribution in [3.05, 3.63) is 29.3 Å². The Morgan fingerprint density at radius 3 is 2.46 bits per heavy atom. The second kappa shape index (κ2) is 7.92. The Balaban J connectivity index is 2.06. The van der Waals surface area contributed by atoms with E-state index in [0.717, 1.165) is 10.6 Å². The molecule has 0 aliphatic carbocycles. The molecule has 1 fully saturated rings. The number of piperidine rings is 1. The van der Waals surface area contributed by atoms with Crippen LogP contribution in [0.3, 0.4) is 0 Å². The average Bonchev–Trinajstić information content (AvgIpc) is 2.47. The lowest BCUT2D eigenvalue weighted by atomic mass is 10.1. The van der Waals surface area contributed by atoms with Crippen molar-refractivity contribution >= 4 is 16.2 Å². The normalized spacial score (nSPS) is 20.6. The van der Waals surface area contributed by atoms with Crippen LogP contribution in [-0.2, 0) is 19.0 Å². The number of ether oxygens (including phenoxy) is 1. The number of hydrogen-bond acceptors (Lipinski definition) is 6. The monoisotopic (exact) mass is 420 g/mol. The van der Waals surface area contributed by atoms with Gasteiger partial charge in [-0.2, -0.15) is 8.42 Å². The molecule has 1 atom stereocenters. The zero-order chi connectivity index (χ0) is 21.3. The molecular weight excluding hydrogens is 394 g/mol. The number of hydrazine groups is 1. The summed E-state index contributed by atoms with van der Waals surface area (Å²) in [6.45, 7) is 7.43. The fourth-order valence-electron chi connectivity index (χ4n) is 2.85. The van der Waals surface area contributed by atoms with Gasteiger partial charge >= 0.3 is 6.09 Å². The van der Waals surface area contributed by atoms with Crippen LogP contribution in [0.25, 0.3) is 0 Å². The largest absolute Gasteiger partial charge is 0.443 e. The highest BCUT2D eigenvalue weighted by Crippen LogP contribution is 2.32. The maximum Gasteiger partial charge on any atom is 0.422 e. The van der Waals surface area contributed by atoms with E-state index in [1.165, 1.54) is 6.07 Å². The number of carbonyl (C=O) groups excluding carboxylic acids is 1. The second-order valence-electron chi connectivity index (χ2n) is 7.89. The second-order valence-corrected chi connectivity index (χ2v) is 9.43. The zero-order valence-electron chi connectivity index (χ0n) is 16.6. The SMILES string of the molecule is Cc1ccc(S(=O)(=O)OC2CCN(NC(=O)OC(C)(C)C)CC2(F)F)c(C)c1. The molecule has 1 N–H and O–H groups in total. The third kappa shape index (κ3) is 5.86. The fourth-order valence-corrected chi connectivity index (χ4v) is 4.18. The molecule has 1 aliphatic heterocycles. The number of benzene rings is 1. The maximum absolute atomic E-state index is 14.5. The van der Waals surface area contributed by atoms with Crippen LogP contribution >= 0.6 is 0 Å². The molecule has 10 heteroatoms. The molecule has 0 saturated carbocycles. The van der Waals surface area contributed by atoms with Crippen LogP contribution in [0, 0.1) is 13.8 Å². The number of halogens is 2. The number of carbonyl (C=O) groups is 1. The number of aryl methyl sites for hydroxylation is 2. The van der Waals surface area contributed by atoms with E-state index in [2.05, 4.69) is 5.43 Å². The Bertz CT molecular complexity index is 837. The van der Waals surface area contributed by atoms with Gasteiger partial charge in [-0.25, -0.2) is 18.6 Å². The van der Waals surface area contributed by atoms with Crippen molar-refractivity contribution in [2.45, 2.75) is 63.6 Å². The zero-order valence-corrected chi connectivity index (χ0v) is 17.4. The van der Waals surface area contributed by atoms with Crippen LogP contribution in [0.5, 0.6) is 0 Å². The number of rotatable bonds is 4. The maximum atomic E-state index is 14.5. The first-order chi connectivity index (χ1) is 12.7. The smallest absolute Gasteiger partial charge is 0.422 e. The Morgan fingerprint density at radius 2 is 1.93 bits per heavy atom. The number of nitrogens with one attached hydrogen (secondary N) is 1. The summed E-state index contributed by atoms with van der Waals surface area (Å²) in [4.78, 5) is 11.6. The van der Waals surface area contributed by atoms with Gasteiger partial charge in [-0.15, -0.1) is 0 Å². The first kappa shape index (κ1) is 22.5. The molecule has 1 aliphatic rings. The van der Waals surface area contributed by atoms with Gasteiger partial charge < -0.3 is 4.74 Å². The first-order valence-electron chi connectivity index (χ1n) is 8.82. The summed E-state index contributed by atoms with van der Waals surface area (Å²) in [5.41, 5.74) is 2.75. The van der Waals surface area contributed by atoms with Crippen LogP contribution in [-0.4, -0.2) is 50.2 Å². The van der Waals surface area contributed by atoms with Crippen molar-refractivity contribution in [3.8, 4) is 0 Å². The summed E-state index contributed by atoms with van der Waals surface area (Å²) in [5.74, 6) is -3.49. The van der Waals surface area contributed by atoms with Crippen LogP contribution in [0.15, 0.2) is 23.1 Å². The molecule has 0 aromatic heterocycles. The van der Waals surface area contributed by atoms with Gasteiger partial charge in [-0.3, -0.25) is 9.61 Å². The van der Waals surface area contributed by atoms with Gasteiger partial charge in [0.05, 0.1) is 11.4 Å². The molecule has 1 aromatic rings. The lowest BCUT2D eigenvalue weighted by molar-refractivity contribution is -0.146. The number of amides is 1. The minimum atomic E-state index is -4.35. The molecule has 2 rings (SSSR count). The molecule has 1 aromatic carbocycles. The molecule has 0 bridgehead atoms. The van der Waals surface area contributed by atoms with E-state index >= 15 is 0 Å². The van der Waals surface area contributed by atoms with Gasteiger partial charge in [0.15, 0.2) is 0 Å². The lowest BCUT2D eigenvalue weighted by Gasteiger charge is -2.37. The standard InChI is InChI=1S/C18H26F2N2O5S/c1-12-6-7-14(13(2)10-12)28(24,25)27-15-8-9-22(11-18(15,19)20)21-16(23)26-17(3,4)5/h6-7,10,15H,8-9,11H2,1-5H3,(H,21,23). The van der Waals surface area contributed by atoms with Gasteiger partial charge in [0.1, 0.15) is 11.7 Å². The number of hydrogen-bond donors (Lipinski definition) is 1. The minimum absolute atomic E-state index is 0.0120. The van der Waals surface area contributed by atoms with E-state index in [9.17, 15) is 22.0 Å². The molecule has 1 saturated heterocycles. The summed E-state index contributed by atoms with van der Waals surface area (Å²) in [6, 6.07) is 4.56. The van der Waals surface area contributed by atoms with E-state index in [-0.39, 0.29) is 17.9 Å². The molecule has 0 radical (unpaired) electrons. The van der Waals surface area contributed by atoms with E-state index in [1.54, 1.807) is 46.8 Å². The minimum Gasteiger partial charge on any atom is -0.443 e. The average molecular weight is 420 g/mol. The van der Waals surface area contributed by atoms with Crippen LogP contribution < -0.4 is 5.43 Å². The van der Waals surface area contributed by atoms with Crippen LogP contribution in [0.2, 0.25) is 0 Å². The number of nitrogens with zero attached hydrogens (tertiary/aromatic N) is 1. The highest BCUT2D eigenvalue weighted by atomic mass is 32.2. The third-order valence-corrected chi connectivity index (χ3v) is 5.51. The lowest BCUT2D eigenvalue weighted by Crippen LogP contribution is -2.58. The highest BCUT2D eigenvalue weighted by molar-refractivity contribution is 7.86. The molecule has 7 nitrogen and oxygen atoms in total. The van der Waals surface area contributed by atoms with Gasteiger partial charge in [-0.05, 0) is 52.7 Å². The van der Waals surface area contributed by atoms with E-state index < -0.39 is 40.4 Å². The quantitative estimate of drug-likeness (QED) is 0.754. The van der Waals surface area contributed by atoms with Crippen molar-refractivity contribution in [1.29, 1.82) is 0 Å².